The van der Waals surface area contributed by atoms with Crippen molar-refractivity contribution in [2.75, 3.05) is 0 Å². The van der Waals surface area contributed by atoms with Crippen molar-refractivity contribution in [2.24, 2.45) is 4.99 Å². The summed E-state index contributed by atoms with van der Waals surface area (Å²) in [5.41, 5.74) is 0. The van der Waals surface area contributed by atoms with Gasteiger partial charge in [-0.2, -0.15) is 0 Å². The summed E-state index contributed by atoms with van der Waals surface area (Å²) in [6.45, 7) is 4.00. The zero-order valence-electron chi connectivity index (χ0n) is 7.70. The van der Waals surface area contributed by atoms with Crippen LogP contribution in [0.2, 0.25) is 0 Å². The van der Waals surface area contributed by atoms with Gasteiger partial charge in [0.15, 0.2) is 0 Å². The van der Waals surface area contributed by atoms with E-state index in [1.807, 2.05) is 38.3 Å². The molecule has 1 heterocycles. The van der Waals surface area contributed by atoms with Crippen molar-refractivity contribution >= 4 is 6.21 Å². The number of nitrogens with one attached hydrogen (secondary N) is 1. The molecule has 0 unspecified atom stereocenters. The fourth-order valence-electron chi connectivity index (χ4n) is 0.595. The normalized spacial score (nSPS) is 25.2. The van der Waals surface area contributed by atoms with Crippen LogP contribution in [-0.2, 0) is 0 Å². The smallest absolute Gasteiger partial charge is 0.0427 e. The van der Waals surface area contributed by atoms with Crippen molar-refractivity contribution in [1.82, 2.24) is 5.32 Å². The van der Waals surface area contributed by atoms with Gasteiger partial charge in [0.1, 0.15) is 0 Å². The zero-order valence-corrected chi connectivity index (χ0v) is 7.70. The topological polar surface area (TPSA) is 24.4 Å². The Labute approximate surface area is 74.4 Å². The molecule has 0 saturated heterocycles. The molecule has 0 aromatic rings. The van der Waals surface area contributed by atoms with Crippen molar-refractivity contribution in [2.45, 2.75) is 20.3 Å². The van der Waals surface area contributed by atoms with Crippen LogP contribution in [0, 0.1) is 0 Å². The van der Waals surface area contributed by atoms with Crippen molar-refractivity contribution in [3.8, 4) is 0 Å². The molecule has 1 rings (SSSR count). The molecule has 0 radical (unpaired) electrons. The molecule has 1 aliphatic rings. The first-order valence-corrected chi connectivity index (χ1v) is 4.24. The van der Waals surface area contributed by atoms with Crippen LogP contribution in [-0.4, -0.2) is 6.21 Å². The summed E-state index contributed by atoms with van der Waals surface area (Å²) in [5.74, 6) is 0. The molecule has 0 aromatic heterocycles. The van der Waals surface area contributed by atoms with Crippen LogP contribution in [0.5, 0.6) is 0 Å². The highest BCUT2D eigenvalue weighted by molar-refractivity contribution is 5.71. The number of rotatable bonds is 0. The Kier molecular flexibility index (Phi) is 8.63. The standard InChI is InChI=1S/C8H10N2.C2H6/c1-2-4-6-10-8-7-9-5-3-1;1-2/h1,3-8,10H,2H2;1-2H3/b3-1+,6-4-,8-7-,9-5+;. The van der Waals surface area contributed by atoms with Gasteiger partial charge in [-0.05, 0) is 18.7 Å². The molecular formula is C10H16N2. The van der Waals surface area contributed by atoms with E-state index in [1.54, 1.807) is 18.6 Å². The molecule has 2 nitrogen and oxygen atoms in total. The number of hydrogen-bond donors (Lipinski definition) is 1. The fourth-order valence-corrected chi connectivity index (χ4v) is 0.595. The third kappa shape index (κ3) is 6.81. The number of nitrogens with zero attached hydrogens (tertiary/aromatic N) is 1. The number of aliphatic imine (C=N–C) groups is 1. The van der Waals surface area contributed by atoms with Gasteiger partial charge in [0.05, 0.1) is 0 Å². The van der Waals surface area contributed by atoms with Gasteiger partial charge in [-0.15, -0.1) is 0 Å². The maximum absolute atomic E-state index is 3.94. The number of allylic oxidation sites excluding steroid dienone is 3. The quantitative estimate of drug-likeness (QED) is 0.584. The molecule has 0 aliphatic carbocycles. The molecule has 1 N–H and O–H groups in total. The molecule has 66 valence electrons. The minimum Gasteiger partial charge on any atom is -0.367 e. The molecule has 12 heavy (non-hydrogen) atoms. The Morgan fingerprint density at radius 3 is 2.83 bits per heavy atom. The van der Waals surface area contributed by atoms with E-state index in [0.29, 0.717) is 0 Å². The monoisotopic (exact) mass is 164 g/mol. The largest absolute Gasteiger partial charge is 0.367 e. The third-order valence-corrected chi connectivity index (χ3v) is 1.05. The van der Waals surface area contributed by atoms with E-state index in [2.05, 4.69) is 10.3 Å². The first-order chi connectivity index (χ1) is 6.00. The van der Waals surface area contributed by atoms with Crippen LogP contribution in [0.15, 0.2) is 41.8 Å². The minimum atomic E-state index is 0.951. The predicted molar refractivity (Wildman–Crippen MR) is 55.0 cm³/mol. The molecule has 0 atom stereocenters. The molecule has 1 aliphatic heterocycles. The molecule has 0 aromatic carbocycles. The van der Waals surface area contributed by atoms with Gasteiger partial charge < -0.3 is 5.32 Å². The third-order valence-electron chi connectivity index (χ3n) is 1.05. The lowest BCUT2D eigenvalue weighted by atomic mass is 10.4. The van der Waals surface area contributed by atoms with Crippen LogP contribution in [0.4, 0.5) is 0 Å². The zero-order chi connectivity index (χ0) is 9.07. The Morgan fingerprint density at radius 1 is 1.17 bits per heavy atom. The van der Waals surface area contributed by atoms with Crippen molar-refractivity contribution in [1.29, 1.82) is 0 Å². The first kappa shape index (κ1) is 10.7. The summed E-state index contributed by atoms with van der Waals surface area (Å²) >= 11 is 0. The van der Waals surface area contributed by atoms with Gasteiger partial charge in [0.2, 0.25) is 0 Å². The summed E-state index contributed by atoms with van der Waals surface area (Å²) in [4.78, 5) is 3.94. The van der Waals surface area contributed by atoms with Gasteiger partial charge in [-0.3, -0.25) is 4.99 Å². The Bertz CT molecular complexity index is 168. The lowest BCUT2D eigenvalue weighted by Gasteiger charge is -1.87. The summed E-state index contributed by atoms with van der Waals surface area (Å²) in [6.07, 6.45) is 14.1. The van der Waals surface area contributed by atoms with Gasteiger partial charge in [-0.25, -0.2) is 0 Å². The van der Waals surface area contributed by atoms with E-state index >= 15 is 0 Å². The van der Waals surface area contributed by atoms with E-state index in [1.165, 1.54) is 0 Å². The second-order valence-electron chi connectivity index (χ2n) is 1.85. The van der Waals surface area contributed by atoms with E-state index in [4.69, 9.17) is 0 Å². The molecule has 0 spiro atoms. The van der Waals surface area contributed by atoms with Gasteiger partial charge in [-0.1, -0.05) is 26.0 Å². The van der Waals surface area contributed by atoms with Gasteiger partial charge in [0.25, 0.3) is 0 Å². The minimum absolute atomic E-state index is 0.951. The van der Waals surface area contributed by atoms with Crippen molar-refractivity contribution < 1.29 is 0 Å². The highest BCUT2D eigenvalue weighted by atomic mass is 14.8. The molecule has 0 amide bonds. The summed E-state index contributed by atoms with van der Waals surface area (Å²) in [7, 11) is 0. The van der Waals surface area contributed by atoms with E-state index in [0.717, 1.165) is 6.42 Å². The first-order valence-electron chi connectivity index (χ1n) is 4.24. The van der Waals surface area contributed by atoms with Crippen molar-refractivity contribution in [3.05, 3.63) is 36.8 Å². The molecule has 0 bridgehead atoms. The SMILES string of the molecule is C1=C\N\C=C/N=C/C=C/C/1.CC. The summed E-state index contributed by atoms with van der Waals surface area (Å²) in [6, 6.07) is 0. The second kappa shape index (κ2) is 9.69. The van der Waals surface area contributed by atoms with Crippen LogP contribution < -0.4 is 5.32 Å². The highest BCUT2D eigenvalue weighted by Crippen LogP contribution is 1.85. The van der Waals surface area contributed by atoms with E-state index < -0.39 is 0 Å². The van der Waals surface area contributed by atoms with Crippen LogP contribution in [0.25, 0.3) is 0 Å². The lowest BCUT2D eigenvalue weighted by Crippen LogP contribution is -1.90. The Hall–Kier alpha value is -1.31. The molecule has 2 heteroatoms. The highest BCUT2D eigenvalue weighted by Gasteiger charge is 1.71. The maximum atomic E-state index is 3.94. The maximum Gasteiger partial charge on any atom is 0.0427 e. The van der Waals surface area contributed by atoms with Crippen LogP contribution in [0.1, 0.15) is 20.3 Å². The molecule has 0 fully saturated rings. The van der Waals surface area contributed by atoms with Gasteiger partial charge in [0, 0.05) is 18.6 Å². The second-order valence-corrected chi connectivity index (χ2v) is 1.85. The average molecular weight is 164 g/mol. The fraction of sp³-hybridized carbons (Fsp3) is 0.300. The van der Waals surface area contributed by atoms with Gasteiger partial charge >= 0.3 is 0 Å². The van der Waals surface area contributed by atoms with Crippen molar-refractivity contribution in [3.63, 3.8) is 0 Å². The van der Waals surface area contributed by atoms with Crippen LogP contribution in [0.3, 0.4) is 0 Å². The predicted octanol–water partition coefficient (Wildman–Crippen LogP) is 2.62. The summed E-state index contributed by atoms with van der Waals surface area (Å²) in [5, 5.41) is 2.95. The molecule has 0 saturated carbocycles. The average Bonchev–Trinajstić information content (AvgIpc) is 2.18. The number of hydrogen-bond acceptors (Lipinski definition) is 2. The molecular weight excluding hydrogens is 148 g/mol. The van der Waals surface area contributed by atoms with E-state index in [-0.39, 0.29) is 0 Å². The van der Waals surface area contributed by atoms with Crippen LogP contribution >= 0.6 is 0 Å². The van der Waals surface area contributed by atoms with E-state index in [9.17, 15) is 0 Å². The Balaban J connectivity index is 0.000000561. The Morgan fingerprint density at radius 2 is 2.00 bits per heavy atom. The summed E-state index contributed by atoms with van der Waals surface area (Å²) < 4.78 is 0. The lowest BCUT2D eigenvalue weighted by molar-refractivity contribution is 1.16.